The van der Waals surface area contributed by atoms with Crippen molar-refractivity contribution >= 4 is 5.69 Å². The highest BCUT2D eigenvalue weighted by atomic mass is 19.4. The maximum Gasteiger partial charge on any atom is 0.416 e. The third-order valence-corrected chi connectivity index (χ3v) is 3.21. The Morgan fingerprint density at radius 1 is 1.05 bits per heavy atom. The van der Waals surface area contributed by atoms with E-state index in [9.17, 15) is 13.2 Å². The molecule has 0 bridgehead atoms. The van der Waals surface area contributed by atoms with Crippen molar-refractivity contribution in [2.75, 3.05) is 5.73 Å². The zero-order valence-corrected chi connectivity index (χ0v) is 11.8. The van der Waals surface area contributed by atoms with E-state index >= 15 is 0 Å². The third-order valence-electron chi connectivity index (χ3n) is 3.21. The molecule has 5 heteroatoms. The molecular weight excluding hydrogens is 279 g/mol. The van der Waals surface area contributed by atoms with Gasteiger partial charge in [0, 0.05) is 11.8 Å². The smallest absolute Gasteiger partial charge is 0.416 e. The van der Waals surface area contributed by atoms with Crippen molar-refractivity contribution in [1.82, 2.24) is 0 Å². The Balaban J connectivity index is 2.15. The lowest BCUT2D eigenvalue weighted by Crippen LogP contribution is -2.06. The van der Waals surface area contributed by atoms with Crippen molar-refractivity contribution < 1.29 is 17.9 Å². The van der Waals surface area contributed by atoms with E-state index in [1.165, 1.54) is 6.07 Å². The molecule has 0 aliphatic rings. The van der Waals surface area contributed by atoms with Crippen LogP contribution in [0.1, 0.15) is 22.3 Å². The van der Waals surface area contributed by atoms with E-state index in [2.05, 4.69) is 0 Å². The van der Waals surface area contributed by atoms with Crippen molar-refractivity contribution in [2.45, 2.75) is 26.6 Å². The summed E-state index contributed by atoms with van der Waals surface area (Å²) in [6.07, 6.45) is -4.35. The van der Waals surface area contributed by atoms with Gasteiger partial charge in [-0.05, 0) is 42.7 Å². The summed E-state index contributed by atoms with van der Waals surface area (Å²) in [6, 6.07) is 8.68. The number of hydrogen-bond acceptors (Lipinski definition) is 2. The minimum atomic E-state index is -4.35. The Morgan fingerprint density at radius 2 is 1.76 bits per heavy atom. The lowest BCUT2D eigenvalue weighted by atomic mass is 10.1. The number of alkyl halides is 3. The molecule has 0 saturated heterocycles. The molecule has 0 saturated carbocycles. The Kier molecular flexibility index (Phi) is 4.11. The van der Waals surface area contributed by atoms with Gasteiger partial charge in [-0.25, -0.2) is 0 Å². The molecule has 2 aromatic carbocycles. The molecule has 2 nitrogen and oxygen atoms in total. The van der Waals surface area contributed by atoms with E-state index in [1.54, 1.807) is 12.1 Å². The molecule has 0 fully saturated rings. The molecular formula is C16H16F3NO. The molecule has 2 N–H and O–H groups in total. The Morgan fingerprint density at radius 3 is 2.43 bits per heavy atom. The van der Waals surface area contributed by atoms with Gasteiger partial charge in [0.15, 0.2) is 0 Å². The van der Waals surface area contributed by atoms with Crippen LogP contribution in [0, 0.1) is 13.8 Å². The number of halogens is 3. The summed E-state index contributed by atoms with van der Waals surface area (Å²) in [5.74, 6) is 0.579. The number of hydrogen-bond donors (Lipinski definition) is 1. The van der Waals surface area contributed by atoms with Gasteiger partial charge in [0.25, 0.3) is 0 Å². The van der Waals surface area contributed by atoms with E-state index in [0.29, 0.717) is 17.0 Å². The number of aryl methyl sites for hydroxylation is 2. The van der Waals surface area contributed by atoms with Crippen LogP contribution < -0.4 is 10.5 Å². The van der Waals surface area contributed by atoms with Crippen molar-refractivity contribution in [2.24, 2.45) is 0 Å². The topological polar surface area (TPSA) is 35.2 Å². The van der Waals surface area contributed by atoms with E-state index in [1.807, 2.05) is 19.9 Å². The van der Waals surface area contributed by atoms with Crippen LogP contribution in [0.25, 0.3) is 0 Å². The summed E-state index contributed by atoms with van der Waals surface area (Å²) in [6.45, 7) is 3.82. The first-order valence-electron chi connectivity index (χ1n) is 6.43. The lowest BCUT2D eigenvalue weighted by Gasteiger charge is -2.13. The van der Waals surface area contributed by atoms with E-state index in [-0.39, 0.29) is 6.61 Å². The predicted octanol–water partition coefficient (Wildman–Crippen LogP) is 4.48. The summed E-state index contributed by atoms with van der Waals surface area (Å²) >= 11 is 0. The van der Waals surface area contributed by atoms with Crippen LogP contribution in [0.2, 0.25) is 0 Å². The first kappa shape index (κ1) is 15.2. The molecule has 0 radical (unpaired) electrons. The monoisotopic (exact) mass is 295 g/mol. The maximum atomic E-state index is 12.6. The molecule has 112 valence electrons. The number of rotatable bonds is 3. The van der Waals surface area contributed by atoms with Gasteiger partial charge in [-0.15, -0.1) is 0 Å². The SMILES string of the molecule is Cc1cc(C)c(OCc2cccc(C(F)(F)F)c2)cc1N. The van der Waals surface area contributed by atoms with Crippen LogP contribution in [-0.4, -0.2) is 0 Å². The van der Waals surface area contributed by atoms with Gasteiger partial charge < -0.3 is 10.5 Å². The summed E-state index contributed by atoms with van der Waals surface area (Å²) < 4.78 is 43.5. The molecule has 0 heterocycles. The van der Waals surface area contributed by atoms with Crippen molar-refractivity contribution in [3.8, 4) is 5.75 Å². The van der Waals surface area contributed by atoms with Crippen LogP contribution in [-0.2, 0) is 12.8 Å². The molecule has 2 aromatic rings. The van der Waals surface area contributed by atoms with Crippen LogP contribution in [0.5, 0.6) is 5.75 Å². The zero-order valence-electron chi connectivity index (χ0n) is 11.8. The van der Waals surface area contributed by atoms with Gasteiger partial charge in [0.05, 0.1) is 5.56 Å². The standard InChI is InChI=1S/C16H16F3NO/c1-10-6-11(2)15(8-14(10)20)21-9-12-4-3-5-13(7-12)16(17,18)19/h3-8H,9,20H2,1-2H3. The predicted molar refractivity (Wildman–Crippen MR) is 76.1 cm³/mol. The first-order valence-corrected chi connectivity index (χ1v) is 6.43. The Hall–Kier alpha value is -2.17. The molecule has 0 unspecified atom stereocenters. The highest BCUT2D eigenvalue weighted by Crippen LogP contribution is 2.30. The molecule has 2 rings (SSSR count). The number of benzene rings is 2. The molecule has 0 aliphatic heterocycles. The van der Waals surface area contributed by atoms with E-state index in [0.717, 1.165) is 23.3 Å². The van der Waals surface area contributed by atoms with Crippen LogP contribution in [0.3, 0.4) is 0 Å². The van der Waals surface area contributed by atoms with Crippen LogP contribution in [0.4, 0.5) is 18.9 Å². The quantitative estimate of drug-likeness (QED) is 0.847. The Labute approximate surface area is 121 Å². The van der Waals surface area contributed by atoms with Gasteiger partial charge in [-0.2, -0.15) is 13.2 Å². The van der Waals surface area contributed by atoms with E-state index in [4.69, 9.17) is 10.5 Å². The molecule has 0 aromatic heterocycles. The van der Waals surface area contributed by atoms with Gasteiger partial charge in [0.2, 0.25) is 0 Å². The summed E-state index contributed by atoms with van der Waals surface area (Å²) in [7, 11) is 0. The summed E-state index contributed by atoms with van der Waals surface area (Å²) in [4.78, 5) is 0. The number of nitrogens with two attached hydrogens (primary N) is 1. The van der Waals surface area contributed by atoms with Gasteiger partial charge in [-0.3, -0.25) is 0 Å². The zero-order chi connectivity index (χ0) is 15.6. The molecule has 0 amide bonds. The van der Waals surface area contributed by atoms with Gasteiger partial charge in [0.1, 0.15) is 12.4 Å². The highest BCUT2D eigenvalue weighted by Gasteiger charge is 2.30. The van der Waals surface area contributed by atoms with Crippen molar-refractivity contribution in [3.63, 3.8) is 0 Å². The van der Waals surface area contributed by atoms with E-state index < -0.39 is 11.7 Å². The molecule has 0 aliphatic carbocycles. The number of anilines is 1. The highest BCUT2D eigenvalue weighted by molar-refractivity contribution is 5.54. The largest absolute Gasteiger partial charge is 0.489 e. The number of nitrogen functional groups attached to an aromatic ring is 1. The number of ether oxygens (including phenoxy) is 1. The average molecular weight is 295 g/mol. The fraction of sp³-hybridized carbons (Fsp3) is 0.250. The second-order valence-electron chi connectivity index (χ2n) is 4.96. The average Bonchev–Trinajstić information content (AvgIpc) is 2.41. The summed E-state index contributed by atoms with van der Waals surface area (Å²) in [5, 5.41) is 0. The van der Waals surface area contributed by atoms with Crippen molar-refractivity contribution in [1.29, 1.82) is 0 Å². The van der Waals surface area contributed by atoms with Gasteiger partial charge >= 0.3 is 6.18 Å². The maximum absolute atomic E-state index is 12.6. The minimum absolute atomic E-state index is 0.0628. The summed E-state index contributed by atoms with van der Waals surface area (Å²) in [5.41, 5.74) is 8.03. The fourth-order valence-corrected chi connectivity index (χ4v) is 2.00. The van der Waals surface area contributed by atoms with Crippen molar-refractivity contribution in [3.05, 3.63) is 58.7 Å². The van der Waals surface area contributed by atoms with Crippen LogP contribution >= 0.6 is 0 Å². The molecule has 21 heavy (non-hydrogen) atoms. The third kappa shape index (κ3) is 3.68. The normalized spacial score (nSPS) is 11.5. The Bertz CT molecular complexity index is 650. The second kappa shape index (κ2) is 5.68. The second-order valence-corrected chi connectivity index (χ2v) is 4.96. The fourth-order valence-electron chi connectivity index (χ4n) is 2.00. The molecule has 0 atom stereocenters. The van der Waals surface area contributed by atoms with Crippen LogP contribution in [0.15, 0.2) is 36.4 Å². The molecule has 0 spiro atoms. The lowest BCUT2D eigenvalue weighted by molar-refractivity contribution is -0.137. The van der Waals surface area contributed by atoms with Gasteiger partial charge in [-0.1, -0.05) is 18.2 Å². The minimum Gasteiger partial charge on any atom is -0.489 e. The first-order chi connectivity index (χ1) is 9.77.